The first kappa shape index (κ1) is 14.8. The molecule has 1 rings (SSSR count). The molecule has 1 amide bonds. The molecule has 0 bridgehead atoms. The van der Waals surface area contributed by atoms with Gasteiger partial charge in [-0.2, -0.15) is 0 Å². The van der Waals surface area contributed by atoms with Crippen LogP contribution in [-0.2, 0) is 10.5 Å². The van der Waals surface area contributed by atoms with E-state index >= 15 is 0 Å². The van der Waals surface area contributed by atoms with Crippen LogP contribution in [0.1, 0.15) is 19.4 Å². The van der Waals surface area contributed by atoms with E-state index in [1.54, 1.807) is 18.0 Å². The molecule has 0 fully saturated rings. The molecule has 0 N–H and O–H groups in total. The number of rotatable bonds is 7. The van der Waals surface area contributed by atoms with Crippen LogP contribution < -0.4 is 0 Å². The predicted molar refractivity (Wildman–Crippen MR) is 77.5 cm³/mol. The number of nitrogens with zero attached hydrogens (tertiary/aromatic N) is 2. The lowest BCUT2D eigenvalue weighted by Crippen LogP contribution is -2.33. The Morgan fingerprint density at radius 2 is 2.33 bits per heavy atom. The average molecular weight is 264 g/mol. The lowest BCUT2D eigenvalue weighted by molar-refractivity contribution is -0.127. The largest absolute Gasteiger partial charge is 0.338 e. The second-order valence-electron chi connectivity index (χ2n) is 4.22. The van der Waals surface area contributed by atoms with E-state index in [1.165, 1.54) is 0 Å². The monoisotopic (exact) mass is 264 g/mol. The first-order valence-electron chi connectivity index (χ1n) is 6.02. The third-order valence-electron chi connectivity index (χ3n) is 2.41. The second-order valence-corrected chi connectivity index (χ2v) is 5.20. The minimum Gasteiger partial charge on any atom is -0.338 e. The fraction of sp³-hybridized carbons (Fsp3) is 0.429. The number of carbonyl (C=O) groups excluding carboxylic acids is 1. The Morgan fingerprint density at radius 3 is 2.89 bits per heavy atom. The summed E-state index contributed by atoms with van der Waals surface area (Å²) in [7, 11) is 0. The molecule has 3 nitrogen and oxygen atoms in total. The molecule has 1 heterocycles. The first-order chi connectivity index (χ1) is 8.63. The van der Waals surface area contributed by atoms with Crippen molar-refractivity contribution in [2.75, 3.05) is 18.8 Å². The van der Waals surface area contributed by atoms with Crippen molar-refractivity contribution in [3.05, 3.63) is 42.2 Å². The highest BCUT2D eigenvalue weighted by Crippen LogP contribution is 2.12. The number of amides is 1. The predicted octanol–water partition coefficient (Wildman–Crippen LogP) is 2.74. The molecule has 0 spiro atoms. The lowest BCUT2D eigenvalue weighted by atomic mass is 10.3. The van der Waals surface area contributed by atoms with Gasteiger partial charge in [-0.1, -0.05) is 18.2 Å². The third kappa shape index (κ3) is 5.36. The van der Waals surface area contributed by atoms with Crippen LogP contribution in [-0.4, -0.2) is 34.6 Å². The zero-order valence-electron chi connectivity index (χ0n) is 11.1. The number of likely N-dealkylation sites (N-methyl/N-ethyl adjacent to an activating group) is 1. The lowest BCUT2D eigenvalue weighted by Gasteiger charge is -2.20. The summed E-state index contributed by atoms with van der Waals surface area (Å²) in [5.74, 6) is 1.51. The van der Waals surface area contributed by atoms with Crippen molar-refractivity contribution in [2.24, 2.45) is 0 Å². The minimum absolute atomic E-state index is 0.175. The first-order valence-corrected chi connectivity index (χ1v) is 7.17. The van der Waals surface area contributed by atoms with E-state index in [0.29, 0.717) is 12.3 Å². The van der Waals surface area contributed by atoms with Gasteiger partial charge in [0.25, 0.3) is 0 Å². The van der Waals surface area contributed by atoms with Gasteiger partial charge in [-0.25, -0.2) is 0 Å². The van der Waals surface area contributed by atoms with Crippen LogP contribution in [0.15, 0.2) is 36.7 Å². The van der Waals surface area contributed by atoms with Crippen molar-refractivity contribution >= 4 is 17.7 Å². The van der Waals surface area contributed by atoms with E-state index in [0.717, 1.165) is 23.4 Å². The van der Waals surface area contributed by atoms with Gasteiger partial charge in [0.2, 0.25) is 5.91 Å². The molecule has 18 heavy (non-hydrogen) atoms. The van der Waals surface area contributed by atoms with Gasteiger partial charge in [-0.3, -0.25) is 9.78 Å². The normalized spacial score (nSPS) is 10.1. The molecular formula is C14H20N2OS. The maximum Gasteiger partial charge on any atom is 0.232 e. The minimum atomic E-state index is 0.175. The zero-order valence-corrected chi connectivity index (χ0v) is 11.9. The van der Waals surface area contributed by atoms with Crippen molar-refractivity contribution in [1.29, 1.82) is 0 Å². The Labute approximate surface area is 113 Å². The molecule has 1 aromatic rings. The average Bonchev–Trinajstić information content (AvgIpc) is 2.36. The number of carbonyl (C=O) groups is 1. The maximum absolute atomic E-state index is 11.9. The Bertz CT molecular complexity index is 392. The van der Waals surface area contributed by atoms with E-state index in [9.17, 15) is 4.79 Å². The summed E-state index contributed by atoms with van der Waals surface area (Å²) in [5, 5.41) is 0. The smallest absolute Gasteiger partial charge is 0.232 e. The number of aromatic nitrogens is 1. The molecule has 0 atom stereocenters. The van der Waals surface area contributed by atoms with Crippen molar-refractivity contribution in [1.82, 2.24) is 9.88 Å². The summed E-state index contributed by atoms with van der Waals surface area (Å²) in [5.41, 5.74) is 2.17. The molecule has 0 radical (unpaired) electrons. The molecule has 4 heteroatoms. The summed E-state index contributed by atoms with van der Waals surface area (Å²) in [6.07, 6.45) is 3.59. The molecule has 0 aliphatic heterocycles. The molecule has 0 saturated carbocycles. The quantitative estimate of drug-likeness (QED) is 0.710. The van der Waals surface area contributed by atoms with Gasteiger partial charge in [0.1, 0.15) is 0 Å². The highest BCUT2D eigenvalue weighted by atomic mass is 32.2. The van der Waals surface area contributed by atoms with Crippen LogP contribution in [0.2, 0.25) is 0 Å². The summed E-state index contributed by atoms with van der Waals surface area (Å²) in [4.78, 5) is 17.8. The van der Waals surface area contributed by atoms with Crippen LogP contribution in [0.25, 0.3) is 0 Å². The van der Waals surface area contributed by atoms with Crippen molar-refractivity contribution in [3.63, 3.8) is 0 Å². The van der Waals surface area contributed by atoms with E-state index < -0.39 is 0 Å². The fourth-order valence-corrected chi connectivity index (χ4v) is 2.40. The Kier molecular flexibility index (Phi) is 6.50. The molecule has 1 aromatic heterocycles. The fourth-order valence-electron chi connectivity index (χ4n) is 1.53. The Hall–Kier alpha value is -1.29. The molecular weight excluding hydrogens is 244 g/mol. The molecule has 0 aliphatic carbocycles. The van der Waals surface area contributed by atoms with Crippen molar-refractivity contribution < 1.29 is 4.79 Å². The summed E-state index contributed by atoms with van der Waals surface area (Å²) in [6.45, 7) is 9.17. The summed E-state index contributed by atoms with van der Waals surface area (Å²) >= 11 is 1.62. The SMILES string of the molecule is C=C(C)CN(CC)C(=O)CSCc1cccnc1. The topological polar surface area (TPSA) is 33.2 Å². The van der Waals surface area contributed by atoms with E-state index in [4.69, 9.17) is 0 Å². The van der Waals surface area contributed by atoms with Crippen LogP contribution in [0.3, 0.4) is 0 Å². The van der Waals surface area contributed by atoms with Gasteiger partial charge >= 0.3 is 0 Å². The van der Waals surface area contributed by atoms with E-state index in [-0.39, 0.29) is 5.91 Å². The van der Waals surface area contributed by atoms with Crippen LogP contribution in [0, 0.1) is 0 Å². The van der Waals surface area contributed by atoms with Crippen molar-refractivity contribution in [3.8, 4) is 0 Å². The molecule has 0 aromatic carbocycles. The van der Waals surface area contributed by atoms with Gasteiger partial charge in [-0.05, 0) is 25.5 Å². The van der Waals surface area contributed by atoms with Crippen LogP contribution >= 0.6 is 11.8 Å². The van der Waals surface area contributed by atoms with Gasteiger partial charge in [-0.15, -0.1) is 11.8 Å². The van der Waals surface area contributed by atoms with Crippen LogP contribution in [0.4, 0.5) is 0 Å². The number of pyridine rings is 1. The highest BCUT2D eigenvalue weighted by molar-refractivity contribution is 7.99. The molecule has 0 saturated heterocycles. The Balaban J connectivity index is 2.34. The standard InChI is InChI=1S/C14H20N2OS/c1-4-16(9-12(2)3)14(17)11-18-10-13-6-5-7-15-8-13/h5-8H,2,4,9-11H2,1,3H3. The third-order valence-corrected chi connectivity index (χ3v) is 3.40. The summed E-state index contributed by atoms with van der Waals surface area (Å²) < 4.78 is 0. The van der Waals surface area contributed by atoms with E-state index in [1.807, 2.05) is 37.1 Å². The highest BCUT2D eigenvalue weighted by Gasteiger charge is 2.11. The van der Waals surface area contributed by atoms with Gasteiger partial charge in [0, 0.05) is 31.2 Å². The maximum atomic E-state index is 11.9. The zero-order chi connectivity index (χ0) is 13.4. The van der Waals surface area contributed by atoms with Gasteiger partial charge in [0.15, 0.2) is 0 Å². The summed E-state index contributed by atoms with van der Waals surface area (Å²) in [6, 6.07) is 3.94. The second kappa shape index (κ2) is 7.93. The number of hydrogen-bond donors (Lipinski definition) is 0. The van der Waals surface area contributed by atoms with E-state index in [2.05, 4.69) is 11.6 Å². The molecule has 0 aliphatic rings. The number of hydrogen-bond acceptors (Lipinski definition) is 3. The van der Waals surface area contributed by atoms with Gasteiger partial charge < -0.3 is 4.90 Å². The Morgan fingerprint density at radius 1 is 1.56 bits per heavy atom. The number of thioether (sulfide) groups is 1. The van der Waals surface area contributed by atoms with Crippen LogP contribution in [0.5, 0.6) is 0 Å². The molecule has 98 valence electrons. The van der Waals surface area contributed by atoms with Crippen molar-refractivity contribution in [2.45, 2.75) is 19.6 Å². The van der Waals surface area contributed by atoms with Gasteiger partial charge in [0.05, 0.1) is 5.75 Å². The molecule has 0 unspecified atom stereocenters.